The number of ether oxygens (including phenoxy) is 2. The molecule has 0 aromatic heterocycles. The van der Waals surface area contributed by atoms with E-state index >= 15 is 0 Å². The number of benzene rings is 1. The third-order valence-corrected chi connectivity index (χ3v) is 3.74. The SMILES string of the molecule is [2H]C([2H])([2H])OC1([2H])C(O)=CCC(/C=C/C(=O)CC(=O)/C=C/c2ccc(O)c(OC)c2)C1([2H])[2H]. The van der Waals surface area contributed by atoms with Crippen LogP contribution in [0.25, 0.3) is 6.08 Å². The van der Waals surface area contributed by atoms with E-state index in [0.717, 1.165) is 18.2 Å². The van der Waals surface area contributed by atoms with Crippen molar-refractivity contribution >= 4 is 17.6 Å². The second-order valence-electron chi connectivity index (χ2n) is 5.74. The van der Waals surface area contributed by atoms with Crippen LogP contribution in [0.15, 0.2) is 48.3 Å². The van der Waals surface area contributed by atoms with Crippen LogP contribution in [-0.2, 0) is 14.3 Å². The lowest BCUT2D eigenvalue weighted by atomic mass is 9.90. The molecule has 2 unspecified atom stereocenters. The molecule has 0 saturated heterocycles. The number of hydrogen-bond donors (Lipinski definition) is 2. The molecule has 0 fully saturated rings. The van der Waals surface area contributed by atoms with Crippen LogP contribution in [0.2, 0.25) is 0 Å². The summed E-state index contributed by atoms with van der Waals surface area (Å²) in [6.45, 7) is 0. The summed E-state index contributed by atoms with van der Waals surface area (Å²) in [6.07, 6.45) is -0.368. The highest BCUT2D eigenvalue weighted by Gasteiger charge is 2.22. The largest absolute Gasteiger partial charge is 0.510 e. The molecule has 1 aliphatic rings. The Morgan fingerprint density at radius 1 is 1.37 bits per heavy atom. The summed E-state index contributed by atoms with van der Waals surface area (Å²) in [7, 11) is -1.76. The van der Waals surface area contributed by atoms with E-state index in [-0.39, 0.29) is 17.9 Å². The second kappa shape index (κ2) is 9.73. The molecule has 2 N–H and O–H groups in total. The molecule has 2 atom stereocenters. The first kappa shape index (κ1) is 13.3. The van der Waals surface area contributed by atoms with Crippen LogP contribution >= 0.6 is 0 Å². The minimum Gasteiger partial charge on any atom is -0.510 e. The molecule has 0 aliphatic heterocycles. The maximum atomic E-state index is 12.2. The van der Waals surface area contributed by atoms with Gasteiger partial charge >= 0.3 is 0 Å². The molecule has 1 aromatic carbocycles. The molecule has 27 heavy (non-hydrogen) atoms. The standard InChI is InChI=1S/C21H24O6/c1-26-20-11-14(5-9-18(20)24)3-7-16(22)13-17(23)8-4-15-6-10-19(25)21(12-15)27-2/h3-5,7-11,15,21,24-25H,6,12-13H2,1-2H3/b7-3+,8-4+/i2D3,12D2,21D. The minimum absolute atomic E-state index is 0.0620. The van der Waals surface area contributed by atoms with Crippen LogP contribution < -0.4 is 4.74 Å². The predicted molar refractivity (Wildman–Crippen MR) is 102 cm³/mol. The molecule has 0 amide bonds. The lowest BCUT2D eigenvalue weighted by Gasteiger charge is -2.23. The van der Waals surface area contributed by atoms with E-state index < -0.39 is 49.2 Å². The Kier molecular flexibility index (Phi) is 4.80. The number of allylic oxidation sites excluding steroid dienone is 4. The number of methoxy groups -OCH3 is 2. The van der Waals surface area contributed by atoms with Gasteiger partial charge in [-0.2, -0.15) is 0 Å². The molecule has 0 heterocycles. The number of ketones is 2. The number of hydrogen-bond acceptors (Lipinski definition) is 6. The lowest BCUT2D eigenvalue weighted by molar-refractivity contribution is -0.121. The van der Waals surface area contributed by atoms with E-state index in [0.29, 0.717) is 5.56 Å². The number of phenolic OH excluding ortho intramolecular Hbond substituents is 1. The Labute approximate surface area is 166 Å². The minimum atomic E-state index is -3.14. The molecule has 2 rings (SSSR count). The molecule has 1 aliphatic carbocycles. The molecule has 6 nitrogen and oxygen atoms in total. The summed E-state index contributed by atoms with van der Waals surface area (Å²) >= 11 is 0. The van der Waals surface area contributed by atoms with Crippen molar-refractivity contribution in [1.82, 2.24) is 0 Å². The Bertz CT molecular complexity index is 997. The van der Waals surface area contributed by atoms with Crippen LogP contribution in [0.1, 0.15) is 33.0 Å². The normalized spacial score (nSPS) is 28.3. The van der Waals surface area contributed by atoms with E-state index in [2.05, 4.69) is 4.74 Å². The molecule has 144 valence electrons. The zero-order valence-electron chi connectivity index (χ0n) is 20.6. The first-order valence-corrected chi connectivity index (χ1v) is 8.08. The molecule has 1 aromatic rings. The number of aromatic hydroxyl groups is 1. The molecular formula is C21H24O6. The lowest BCUT2D eigenvalue weighted by Crippen LogP contribution is -2.21. The maximum absolute atomic E-state index is 12.2. The second-order valence-corrected chi connectivity index (χ2v) is 5.74. The predicted octanol–water partition coefficient (Wildman–Crippen LogP) is 3.37. The number of aliphatic hydroxyl groups excluding tert-OH is 1. The Balaban J connectivity index is 2.07. The van der Waals surface area contributed by atoms with Crippen LogP contribution in [0.5, 0.6) is 11.5 Å². The highest BCUT2D eigenvalue weighted by atomic mass is 16.5. The highest BCUT2D eigenvalue weighted by molar-refractivity contribution is 6.09. The monoisotopic (exact) mass is 378 g/mol. The first-order chi connectivity index (χ1) is 15.2. The fourth-order valence-electron chi connectivity index (χ4n) is 2.34. The van der Waals surface area contributed by atoms with Crippen molar-refractivity contribution in [3.05, 3.63) is 53.8 Å². The first-order valence-electron chi connectivity index (χ1n) is 11.1. The van der Waals surface area contributed by atoms with Crippen molar-refractivity contribution < 1.29 is 37.5 Å². The van der Waals surface area contributed by atoms with Gasteiger partial charge < -0.3 is 19.7 Å². The van der Waals surface area contributed by atoms with Crippen molar-refractivity contribution in [3.8, 4) is 11.5 Å². The van der Waals surface area contributed by atoms with E-state index in [1.807, 2.05) is 0 Å². The molecule has 0 saturated carbocycles. The molecular weight excluding hydrogens is 348 g/mol. The van der Waals surface area contributed by atoms with Gasteiger partial charge in [-0.25, -0.2) is 0 Å². The van der Waals surface area contributed by atoms with Gasteiger partial charge in [0, 0.05) is 9.78 Å². The van der Waals surface area contributed by atoms with Gasteiger partial charge in [-0.15, -0.1) is 0 Å². The summed E-state index contributed by atoms with van der Waals surface area (Å²) in [4.78, 5) is 24.2. The third kappa shape index (κ3) is 6.11. The molecule has 0 spiro atoms. The summed E-state index contributed by atoms with van der Waals surface area (Å²) in [5, 5.41) is 19.5. The summed E-state index contributed by atoms with van der Waals surface area (Å²) < 4.78 is 55.5. The molecule has 6 heteroatoms. The Morgan fingerprint density at radius 3 is 2.89 bits per heavy atom. The van der Waals surface area contributed by atoms with E-state index in [1.54, 1.807) is 6.07 Å². The van der Waals surface area contributed by atoms with Gasteiger partial charge in [0.1, 0.15) is 11.8 Å². The quantitative estimate of drug-likeness (QED) is 0.532. The molecule has 0 bridgehead atoms. The Morgan fingerprint density at radius 2 is 2.15 bits per heavy atom. The average molecular weight is 378 g/mol. The number of carbonyl (C=O) groups excluding carboxylic acids is 2. The smallest absolute Gasteiger partial charge is 0.163 e. The van der Waals surface area contributed by atoms with Crippen molar-refractivity contribution in [2.75, 3.05) is 14.1 Å². The van der Waals surface area contributed by atoms with Gasteiger partial charge in [0.2, 0.25) is 0 Å². The van der Waals surface area contributed by atoms with Crippen LogP contribution in [0.4, 0.5) is 0 Å². The number of aliphatic hydroxyl groups is 1. The van der Waals surface area contributed by atoms with Gasteiger partial charge in [0.25, 0.3) is 0 Å². The number of phenols is 1. The van der Waals surface area contributed by atoms with Crippen LogP contribution in [0, 0.1) is 5.92 Å². The average Bonchev–Trinajstić information content (AvgIpc) is 2.70. The fourth-order valence-corrected chi connectivity index (χ4v) is 2.34. The van der Waals surface area contributed by atoms with Gasteiger partial charge in [-0.3, -0.25) is 9.59 Å². The van der Waals surface area contributed by atoms with Gasteiger partial charge in [0.05, 0.1) is 19.0 Å². The summed E-state index contributed by atoms with van der Waals surface area (Å²) in [5.74, 6) is -3.03. The van der Waals surface area contributed by atoms with E-state index in [9.17, 15) is 19.8 Å². The van der Waals surface area contributed by atoms with Crippen molar-refractivity contribution in [2.24, 2.45) is 5.92 Å². The topological polar surface area (TPSA) is 93.1 Å². The Hall–Kier alpha value is -2.86. The van der Waals surface area contributed by atoms with Gasteiger partial charge in [-0.05, 0) is 54.6 Å². The highest BCUT2D eigenvalue weighted by Crippen LogP contribution is 2.27. The zero-order valence-corrected chi connectivity index (χ0v) is 14.6. The number of rotatable bonds is 8. The number of carbonyl (C=O) groups is 2. The van der Waals surface area contributed by atoms with E-state index in [4.69, 9.17) is 13.0 Å². The van der Waals surface area contributed by atoms with Gasteiger partial charge in [0.15, 0.2) is 23.1 Å². The van der Waals surface area contributed by atoms with Crippen molar-refractivity contribution in [2.45, 2.75) is 25.3 Å². The third-order valence-electron chi connectivity index (χ3n) is 3.74. The van der Waals surface area contributed by atoms with Crippen LogP contribution in [-0.4, -0.2) is 42.0 Å². The van der Waals surface area contributed by atoms with Crippen molar-refractivity contribution in [1.29, 1.82) is 0 Å². The van der Waals surface area contributed by atoms with Gasteiger partial charge in [-0.1, -0.05) is 18.2 Å². The van der Waals surface area contributed by atoms with Crippen molar-refractivity contribution in [3.63, 3.8) is 0 Å². The van der Waals surface area contributed by atoms with E-state index in [1.165, 1.54) is 31.4 Å². The van der Waals surface area contributed by atoms with Crippen LogP contribution in [0.3, 0.4) is 0 Å². The summed E-state index contributed by atoms with van der Waals surface area (Å²) in [5.41, 5.74) is 0.559. The fraction of sp³-hybridized carbons (Fsp3) is 0.333. The summed E-state index contributed by atoms with van der Waals surface area (Å²) in [6, 6.07) is 4.44. The zero-order chi connectivity index (χ0) is 25.0. The maximum Gasteiger partial charge on any atom is 0.163 e. The molecule has 0 radical (unpaired) electrons.